The fourth-order valence-electron chi connectivity index (χ4n) is 13.0. The van der Waals surface area contributed by atoms with Crippen molar-refractivity contribution in [1.82, 2.24) is 0 Å². The van der Waals surface area contributed by atoms with E-state index in [1.807, 2.05) is 34.0 Å². The van der Waals surface area contributed by atoms with E-state index < -0.39 is 0 Å². The van der Waals surface area contributed by atoms with Crippen molar-refractivity contribution in [3.63, 3.8) is 0 Å². The fourth-order valence-corrected chi connectivity index (χ4v) is 16.3. The number of thiophene rings is 3. The fraction of sp³-hybridized carbons (Fsp3) is 0.0909. The number of aryl methyl sites for hydroxylation is 6. The zero-order valence-corrected chi connectivity index (χ0v) is 43.9. The van der Waals surface area contributed by atoms with Crippen molar-refractivity contribution in [2.45, 2.75) is 41.5 Å². The molecule has 3 aromatic heterocycles. The van der Waals surface area contributed by atoms with Gasteiger partial charge in [-0.2, -0.15) is 0 Å². The van der Waals surface area contributed by atoms with Gasteiger partial charge >= 0.3 is 0 Å². The summed E-state index contributed by atoms with van der Waals surface area (Å²) in [6.45, 7) is 13.7. The Morgan fingerprint density at radius 3 is 1.21 bits per heavy atom. The molecule has 0 amide bonds. The largest absolute Gasteiger partial charge is 0.310 e. The van der Waals surface area contributed by atoms with Crippen molar-refractivity contribution in [1.29, 1.82) is 0 Å². The highest BCUT2D eigenvalue weighted by atomic mass is 32.1. The van der Waals surface area contributed by atoms with Gasteiger partial charge in [-0.05, 0) is 146 Å². The summed E-state index contributed by atoms with van der Waals surface area (Å²) in [7, 11) is 0. The molecule has 0 bridgehead atoms. The molecule has 7 heteroatoms. The highest BCUT2D eigenvalue weighted by molar-refractivity contribution is 7.27. The minimum Gasteiger partial charge on any atom is -0.310 e. The summed E-state index contributed by atoms with van der Waals surface area (Å²) in [4.78, 5) is 8.03. The van der Waals surface area contributed by atoms with E-state index in [9.17, 15) is 0 Å². The number of rotatable bonds is 5. The monoisotopic (exact) mass is 989 g/mol. The van der Waals surface area contributed by atoms with E-state index in [1.165, 1.54) is 156 Å². The second kappa shape index (κ2) is 15.9. The maximum Gasteiger partial charge on any atom is 0.252 e. The van der Waals surface area contributed by atoms with Gasteiger partial charge in [0.15, 0.2) is 0 Å². The Morgan fingerprint density at radius 2 is 0.740 bits per heavy atom. The van der Waals surface area contributed by atoms with E-state index in [2.05, 4.69) is 238 Å². The van der Waals surface area contributed by atoms with Crippen molar-refractivity contribution >= 4 is 169 Å². The Bertz CT molecular complexity index is 4260. The summed E-state index contributed by atoms with van der Waals surface area (Å²) >= 11 is 5.69. The summed E-state index contributed by atoms with van der Waals surface area (Å²) in [5, 5.41) is 7.80. The van der Waals surface area contributed by atoms with Crippen LogP contribution in [0.4, 0.5) is 51.2 Å². The number of hydrogen-bond acceptors (Lipinski definition) is 6. The van der Waals surface area contributed by atoms with Gasteiger partial charge < -0.3 is 14.7 Å². The maximum atomic E-state index is 2.70. The van der Waals surface area contributed by atoms with Crippen LogP contribution in [0, 0.1) is 41.5 Å². The number of benzene rings is 10. The molecule has 15 rings (SSSR count). The standard InChI is InChI=1S/C66H48BN3S3/c1-37-17-13-18-38(2)62(37)68(49-26-16-30-55-58(49)44-23-7-10-27-52(44)71-55)43-35-50-61-51(36-43)70(64-41(5)21-15-22-42(64)6)66-48(32-34-57-60(66)46-25-9-12-29-54(46)73-57)67(61)47-31-33-56-59(45-24-8-11-28-53(45)72-56)65(47)69(50)63-39(3)19-14-20-40(63)4/h7-36H,1-6H3. The molecule has 348 valence electrons. The zero-order valence-electron chi connectivity index (χ0n) is 41.5. The van der Waals surface area contributed by atoms with Gasteiger partial charge in [-0.1, -0.05) is 127 Å². The molecule has 0 saturated heterocycles. The van der Waals surface area contributed by atoms with Gasteiger partial charge in [0.2, 0.25) is 0 Å². The number of nitrogens with zero attached hydrogens (tertiary/aromatic N) is 3. The smallest absolute Gasteiger partial charge is 0.252 e. The first-order valence-electron chi connectivity index (χ1n) is 25.3. The molecule has 2 aliphatic rings. The van der Waals surface area contributed by atoms with Crippen molar-refractivity contribution in [2.24, 2.45) is 0 Å². The summed E-state index contributed by atoms with van der Waals surface area (Å²) in [5.41, 5.74) is 22.4. The van der Waals surface area contributed by atoms with Crippen LogP contribution in [-0.4, -0.2) is 6.71 Å². The quantitative estimate of drug-likeness (QED) is 0.159. The van der Waals surface area contributed by atoms with Crippen LogP contribution in [0.5, 0.6) is 0 Å². The lowest BCUT2D eigenvalue weighted by Gasteiger charge is -2.46. The van der Waals surface area contributed by atoms with Gasteiger partial charge in [-0.15, -0.1) is 34.0 Å². The van der Waals surface area contributed by atoms with Crippen LogP contribution in [0.1, 0.15) is 33.4 Å². The van der Waals surface area contributed by atoms with Crippen LogP contribution in [0.25, 0.3) is 60.5 Å². The van der Waals surface area contributed by atoms with Crippen molar-refractivity contribution in [3.05, 3.63) is 215 Å². The molecular formula is C66H48BN3S3. The molecule has 73 heavy (non-hydrogen) atoms. The Morgan fingerprint density at radius 1 is 0.356 bits per heavy atom. The van der Waals surface area contributed by atoms with Crippen molar-refractivity contribution in [3.8, 4) is 0 Å². The molecule has 5 heterocycles. The molecule has 0 unspecified atom stereocenters. The Kier molecular flexibility index (Phi) is 9.36. The molecular weight excluding hydrogens is 942 g/mol. The van der Waals surface area contributed by atoms with Crippen LogP contribution in [0.3, 0.4) is 0 Å². The molecule has 0 aliphatic carbocycles. The van der Waals surface area contributed by atoms with Crippen LogP contribution in [0.15, 0.2) is 182 Å². The SMILES string of the molecule is Cc1cccc(C)c1N(c1cc2c3c(c1)N(c1c(C)cccc1C)c1c(ccc4sc5ccccc5c14)B3c1ccc3sc4ccccc4c3c1N2c1c(C)cccc1C)c1cccc2sc3ccccc3c12. The number of fused-ring (bicyclic) bond motifs is 15. The third-order valence-corrected chi connectivity index (χ3v) is 19.3. The van der Waals surface area contributed by atoms with E-state index in [-0.39, 0.29) is 6.71 Å². The lowest BCUT2D eigenvalue weighted by molar-refractivity contribution is 1.19. The molecule has 0 spiro atoms. The Labute approximate surface area is 437 Å². The molecule has 0 N–H and O–H groups in total. The van der Waals surface area contributed by atoms with Crippen molar-refractivity contribution in [2.75, 3.05) is 14.7 Å². The molecule has 10 aromatic carbocycles. The number of anilines is 9. The summed E-state index contributed by atoms with van der Waals surface area (Å²) in [5.74, 6) is 0. The number of hydrogen-bond donors (Lipinski definition) is 0. The third-order valence-electron chi connectivity index (χ3n) is 15.9. The number of para-hydroxylation sites is 3. The van der Waals surface area contributed by atoms with Crippen LogP contribution >= 0.6 is 34.0 Å². The average molecular weight is 990 g/mol. The van der Waals surface area contributed by atoms with Gasteiger partial charge in [-0.25, -0.2) is 0 Å². The molecule has 0 atom stereocenters. The first-order chi connectivity index (χ1) is 35.7. The van der Waals surface area contributed by atoms with Gasteiger partial charge in [0, 0.05) is 71.9 Å². The second-order valence-electron chi connectivity index (χ2n) is 20.3. The lowest BCUT2D eigenvalue weighted by Crippen LogP contribution is -2.61. The van der Waals surface area contributed by atoms with Gasteiger partial charge in [-0.3, -0.25) is 0 Å². The summed E-state index contributed by atoms with van der Waals surface area (Å²) in [6, 6.07) is 69.4. The third kappa shape index (κ3) is 6.04. The first-order valence-corrected chi connectivity index (χ1v) is 27.7. The van der Waals surface area contributed by atoms with Crippen LogP contribution in [-0.2, 0) is 0 Å². The zero-order chi connectivity index (χ0) is 49.0. The van der Waals surface area contributed by atoms with Gasteiger partial charge in [0.1, 0.15) is 0 Å². The molecule has 0 saturated carbocycles. The predicted octanol–water partition coefficient (Wildman–Crippen LogP) is 18.2. The summed E-state index contributed by atoms with van der Waals surface area (Å²) in [6.07, 6.45) is 0. The van der Waals surface area contributed by atoms with Crippen LogP contribution < -0.4 is 31.1 Å². The second-order valence-corrected chi connectivity index (χ2v) is 23.5. The highest BCUT2D eigenvalue weighted by Gasteiger charge is 2.46. The molecule has 13 aromatic rings. The lowest BCUT2D eigenvalue weighted by atomic mass is 9.33. The van der Waals surface area contributed by atoms with E-state index >= 15 is 0 Å². The molecule has 3 nitrogen and oxygen atoms in total. The first kappa shape index (κ1) is 43.0. The summed E-state index contributed by atoms with van der Waals surface area (Å²) < 4.78 is 7.80. The molecule has 2 aliphatic heterocycles. The van der Waals surface area contributed by atoms with Crippen LogP contribution in [0.2, 0.25) is 0 Å². The highest BCUT2D eigenvalue weighted by Crippen LogP contribution is 2.56. The average Bonchev–Trinajstić information content (AvgIpc) is 4.10. The van der Waals surface area contributed by atoms with Gasteiger partial charge in [0.05, 0.1) is 39.8 Å². The minimum atomic E-state index is -0.0748. The van der Waals surface area contributed by atoms with Crippen molar-refractivity contribution < 1.29 is 0 Å². The predicted molar refractivity (Wildman–Crippen MR) is 322 cm³/mol. The Hall–Kier alpha value is -7.68. The minimum absolute atomic E-state index is 0.0748. The topological polar surface area (TPSA) is 9.72 Å². The maximum absolute atomic E-state index is 2.70. The normalized spacial score (nSPS) is 13.0. The molecule has 0 radical (unpaired) electrons. The van der Waals surface area contributed by atoms with E-state index in [0.29, 0.717) is 0 Å². The van der Waals surface area contributed by atoms with Gasteiger partial charge in [0.25, 0.3) is 6.71 Å². The Balaban J connectivity index is 1.18. The van der Waals surface area contributed by atoms with E-state index in [0.717, 1.165) is 5.69 Å². The van der Waals surface area contributed by atoms with E-state index in [4.69, 9.17) is 0 Å². The van der Waals surface area contributed by atoms with E-state index in [1.54, 1.807) is 0 Å². The molecule has 0 fully saturated rings.